The van der Waals surface area contributed by atoms with Gasteiger partial charge in [0.15, 0.2) is 18.2 Å². The van der Waals surface area contributed by atoms with E-state index < -0.39 is 0 Å². The maximum absolute atomic E-state index is 11.4. The molecular weight excluding hydrogens is 194 g/mol. The number of carbonyl (C=O) groups excluding carboxylic acids is 2. The Hall–Kier alpha value is -1.75. The number of hydrogen-bond donors (Lipinski definition) is 2. The summed E-state index contributed by atoms with van der Waals surface area (Å²) in [6, 6.07) is 3.41. The molecule has 0 fully saturated rings. The maximum atomic E-state index is 11.4. The first-order valence-electron chi connectivity index (χ1n) is 4.59. The average Bonchev–Trinajstić information content (AvgIpc) is 2.17. The van der Waals surface area contributed by atoms with Gasteiger partial charge in [-0.1, -0.05) is 0 Å². The fourth-order valence-corrected chi connectivity index (χ4v) is 1.20. The van der Waals surface area contributed by atoms with Gasteiger partial charge < -0.3 is 0 Å². The van der Waals surface area contributed by atoms with Crippen molar-refractivity contribution in [3.8, 4) is 0 Å². The van der Waals surface area contributed by atoms with Crippen LogP contribution in [0.5, 0.6) is 0 Å². The first-order valence-corrected chi connectivity index (χ1v) is 4.59. The maximum Gasteiger partial charge on any atom is 0.271 e. The van der Waals surface area contributed by atoms with Crippen molar-refractivity contribution in [1.29, 1.82) is 0 Å². The summed E-state index contributed by atoms with van der Waals surface area (Å²) in [6.07, 6.45) is 3.38. The van der Waals surface area contributed by atoms with Crippen LogP contribution in [0.15, 0.2) is 24.5 Å². The van der Waals surface area contributed by atoms with Gasteiger partial charge in [0, 0.05) is 20.0 Å². The van der Waals surface area contributed by atoms with E-state index in [2.05, 4.69) is 10.9 Å². The van der Waals surface area contributed by atoms with Gasteiger partial charge in [0.25, 0.3) is 5.91 Å². The van der Waals surface area contributed by atoms with E-state index in [0.29, 0.717) is 5.56 Å². The second-order valence-corrected chi connectivity index (χ2v) is 3.17. The number of Topliss-reactive ketones (excluding diaryl/α,β-unsaturated/α-hetero) is 1. The molecule has 0 aliphatic carbocycles. The zero-order valence-corrected chi connectivity index (χ0v) is 8.78. The van der Waals surface area contributed by atoms with E-state index in [4.69, 9.17) is 0 Å². The quantitative estimate of drug-likeness (QED) is 0.514. The number of amides is 1. The second-order valence-electron chi connectivity index (χ2n) is 3.17. The van der Waals surface area contributed by atoms with Gasteiger partial charge >= 0.3 is 0 Å². The third-order valence-electron chi connectivity index (χ3n) is 1.76. The molecular formula is C10H14N3O2+. The molecule has 5 nitrogen and oxygen atoms in total. The molecule has 80 valence electrons. The van der Waals surface area contributed by atoms with Crippen molar-refractivity contribution in [2.75, 3.05) is 7.05 Å². The summed E-state index contributed by atoms with van der Waals surface area (Å²) < 4.78 is 1.67. The van der Waals surface area contributed by atoms with Crippen molar-refractivity contribution in [2.45, 2.75) is 13.5 Å². The second kappa shape index (κ2) is 5.21. The van der Waals surface area contributed by atoms with Crippen LogP contribution in [0.2, 0.25) is 0 Å². The molecule has 2 N–H and O–H groups in total. The zero-order valence-electron chi connectivity index (χ0n) is 8.78. The Morgan fingerprint density at radius 2 is 2.20 bits per heavy atom. The van der Waals surface area contributed by atoms with E-state index in [-0.39, 0.29) is 18.2 Å². The third kappa shape index (κ3) is 3.47. The molecule has 0 saturated heterocycles. The number of ketones is 1. The summed E-state index contributed by atoms with van der Waals surface area (Å²) in [5.41, 5.74) is 5.51. The van der Waals surface area contributed by atoms with Gasteiger partial charge in [0.1, 0.15) is 5.56 Å². The van der Waals surface area contributed by atoms with Gasteiger partial charge in [-0.25, -0.2) is 5.43 Å². The minimum absolute atomic E-state index is 0.0474. The molecule has 1 amide bonds. The number of nitrogens with zero attached hydrogens (tertiary/aromatic N) is 1. The molecule has 0 bridgehead atoms. The average molecular weight is 208 g/mol. The lowest BCUT2D eigenvalue weighted by atomic mass is 10.2. The molecule has 0 unspecified atom stereocenters. The predicted molar refractivity (Wildman–Crippen MR) is 53.8 cm³/mol. The number of nitrogens with one attached hydrogen (secondary N) is 2. The summed E-state index contributed by atoms with van der Waals surface area (Å²) in [7, 11) is 1.62. The van der Waals surface area contributed by atoms with Crippen molar-refractivity contribution in [3.05, 3.63) is 30.1 Å². The van der Waals surface area contributed by atoms with E-state index in [9.17, 15) is 9.59 Å². The number of rotatable bonds is 4. The number of aromatic nitrogens is 1. The van der Waals surface area contributed by atoms with Crippen molar-refractivity contribution >= 4 is 11.7 Å². The molecule has 1 aromatic heterocycles. The van der Waals surface area contributed by atoms with Gasteiger partial charge in [0.05, 0.1) is 0 Å². The van der Waals surface area contributed by atoms with Crippen molar-refractivity contribution in [1.82, 2.24) is 10.9 Å². The summed E-state index contributed by atoms with van der Waals surface area (Å²) in [6.45, 7) is 1.79. The number of pyridine rings is 1. The van der Waals surface area contributed by atoms with Gasteiger partial charge in [-0.2, -0.15) is 4.57 Å². The van der Waals surface area contributed by atoms with Gasteiger partial charge in [-0.05, 0) is 6.07 Å². The monoisotopic (exact) mass is 208 g/mol. The highest BCUT2D eigenvalue weighted by Gasteiger charge is 2.10. The Bertz CT molecular complexity index is 377. The standard InChI is InChI=1S/C10H13N3O2/c1-8(14)6-13-5-3-4-9(7-13)10(15)12-11-2/h3-5,7,11H,6H2,1-2H3/p+1. The van der Waals surface area contributed by atoms with Crippen molar-refractivity contribution in [2.24, 2.45) is 0 Å². The highest BCUT2D eigenvalue weighted by atomic mass is 16.2. The lowest BCUT2D eigenvalue weighted by Crippen LogP contribution is -2.40. The summed E-state index contributed by atoms with van der Waals surface area (Å²) in [5.74, 6) is -0.179. The summed E-state index contributed by atoms with van der Waals surface area (Å²) >= 11 is 0. The van der Waals surface area contributed by atoms with Crippen LogP contribution in [0.25, 0.3) is 0 Å². The molecule has 0 spiro atoms. The number of hydrazine groups is 1. The topological polar surface area (TPSA) is 62.1 Å². The first-order chi connectivity index (χ1) is 7.13. The molecule has 0 atom stereocenters. The third-order valence-corrected chi connectivity index (χ3v) is 1.76. The summed E-state index contributed by atoms with van der Waals surface area (Å²) in [5, 5.41) is 0. The van der Waals surface area contributed by atoms with Crippen LogP contribution in [0.4, 0.5) is 0 Å². The highest BCUT2D eigenvalue weighted by molar-refractivity contribution is 5.93. The minimum atomic E-state index is -0.226. The van der Waals surface area contributed by atoms with E-state index >= 15 is 0 Å². The molecule has 1 aromatic rings. The molecule has 15 heavy (non-hydrogen) atoms. The Labute approximate surface area is 88.1 Å². The van der Waals surface area contributed by atoms with Crippen LogP contribution >= 0.6 is 0 Å². The molecule has 0 aliphatic rings. The lowest BCUT2D eigenvalue weighted by Gasteiger charge is -2.01. The van der Waals surface area contributed by atoms with E-state index in [0.717, 1.165) is 0 Å². The van der Waals surface area contributed by atoms with Crippen LogP contribution in [0, 0.1) is 0 Å². The minimum Gasteiger partial charge on any atom is -0.293 e. The highest BCUT2D eigenvalue weighted by Crippen LogP contribution is 1.93. The largest absolute Gasteiger partial charge is 0.293 e. The SMILES string of the molecule is CNNC(=O)c1ccc[n+](CC(C)=O)c1. The number of hydrogen-bond acceptors (Lipinski definition) is 3. The molecule has 0 radical (unpaired) electrons. The van der Waals surface area contributed by atoms with Crippen LogP contribution in [-0.2, 0) is 11.3 Å². The summed E-state index contributed by atoms with van der Waals surface area (Å²) in [4.78, 5) is 22.3. The van der Waals surface area contributed by atoms with Crippen LogP contribution in [-0.4, -0.2) is 18.7 Å². The van der Waals surface area contributed by atoms with Crippen LogP contribution in [0.3, 0.4) is 0 Å². The smallest absolute Gasteiger partial charge is 0.271 e. The molecule has 1 rings (SSSR count). The Balaban J connectivity index is 2.82. The van der Waals surface area contributed by atoms with Crippen LogP contribution in [0.1, 0.15) is 17.3 Å². The molecule has 0 aromatic carbocycles. The molecule has 0 saturated carbocycles. The van der Waals surface area contributed by atoms with E-state index in [1.807, 2.05) is 0 Å². The Kier molecular flexibility index (Phi) is 3.93. The molecule has 5 heteroatoms. The van der Waals surface area contributed by atoms with Gasteiger partial charge in [-0.3, -0.25) is 15.0 Å². The molecule has 1 heterocycles. The predicted octanol–water partition coefficient (Wildman–Crippen LogP) is -0.573. The van der Waals surface area contributed by atoms with Crippen molar-refractivity contribution in [3.63, 3.8) is 0 Å². The Morgan fingerprint density at radius 1 is 1.47 bits per heavy atom. The van der Waals surface area contributed by atoms with Crippen LogP contribution < -0.4 is 15.4 Å². The lowest BCUT2D eigenvalue weighted by molar-refractivity contribution is -0.684. The van der Waals surface area contributed by atoms with E-state index in [1.165, 1.54) is 6.92 Å². The van der Waals surface area contributed by atoms with Crippen molar-refractivity contribution < 1.29 is 14.2 Å². The van der Waals surface area contributed by atoms with E-state index in [1.54, 1.807) is 36.1 Å². The Morgan fingerprint density at radius 3 is 2.80 bits per heavy atom. The fraction of sp³-hybridized carbons (Fsp3) is 0.300. The normalized spacial score (nSPS) is 9.73. The molecule has 0 aliphatic heterocycles. The van der Waals surface area contributed by atoms with Gasteiger partial charge in [0.2, 0.25) is 6.54 Å². The van der Waals surface area contributed by atoms with Gasteiger partial charge in [-0.15, -0.1) is 0 Å². The fourth-order valence-electron chi connectivity index (χ4n) is 1.20. The number of carbonyl (C=O) groups is 2. The first kappa shape index (κ1) is 11.3. The zero-order chi connectivity index (χ0) is 11.3.